The quantitative estimate of drug-likeness (QED) is 0.387. The molecule has 1 aliphatic carbocycles. The van der Waals surface area contributed by atoms with Gasteiger partial charge in [-0.3, -0.25) is 14.4 Å². The molecule has 0 saturated carbocycles. The molecule has 13 nitrogen and oxygen atoms in total. The third-order valence-corrected chi connectivity index (χ3v) is 6.97. The minimum absolute atomic E-state index is 0.0316. The van der Waals surface area contributed by atoms with E-state index in [0.717, 1.165) is 22.3 Å². The van der Waals surface area contributed by atoms with Gasteiger partial charge in [0.15, 0.2) is 0 Å². The Morgan fingerprint density at radius 1 is 0.955 bits per heavy atom. The molecular formula is C31H36N4O9. The van der Waals surface area contributed by atoms with Crippen LogP contribution in [0.25, 0.3) is 11.1 Å². The van der Waals surface area contributed by atoms with E-state index in [1.54, 1.807) is 20.8 Å². The summed E-state index contributed by atoms with van der Waals surface area (Å²) in [6.07, 6.45) is -2.45. The summed E-state index contributed by atoms with van der Waals surface area (Å²) >= 11 is 0. The first-order valence-electron chi connectivity index (χ1n) is 14.2. The number of carbonyl (C=O) groups is 6. The van der Waals surface area contributed by atoms with E-state index in [1.807, 2.05) is 48.5 Å². The molecule has 1 unspecified atom stereocenters. The van der Waals surface area contributed by atoms with Crippen molar-refractivity contribution in [2.24, 2.45) is 0 Å². The topological polar surface area (TPSA) is 161 Å². The number of carbonyl (C=O) groups excluding carboxylic acids is 6. The van der Waals surface area contributed by atoms with Gasteiger partial charge in [-0.2, -0.15) is 0 Å². The SMILES string of the molecule is CN(CCNC(=O)C(CC(=O)ON1C(=O)CCC1=O)NC(=O)OCC1c2ccccc2-c2ccccc21)C(=O)OC(C)(C)C. The van der Waals surface area contributed by atoms with Crippen LogP contribution in [0.1, 0.15) is 57.1 Å². The molecule has 2 aromatic carbocycles. The number of nitrogens with one attached hydrogen (secondary N) is 2. The van der Waals surface area contributed by atoms with Crippen LogP contribution in [0.2, 0.25) is 0 Å². The van der Waals surface area contributed by atoms with Gasteiger partial charge in [0, 0.05) is 38.9 Å². The van der Waals surface area contributed by atoms with Gasteiger partial charge in [0.05, 0.1) is 6.42 Å². The van der Waals surface area contributed by atoms with E-state index in [1.165, 1.54) is 11.9 Å². The highest BCUT2D eigenvalue weighted by molar-refractivity contribution is 6.01. The number of hydrogen-bond donors (Lipinski definition) is 2. The Hall–Kier alpha value is -4.94. The standard InChI is InChI=1S/C31H36N4O9/c1-31(2,3)43-30(41)34(4)16-15-32-28(39)24(17-27(38)44-35-25(36)13-14-26(35)37)33-29(40)42-18-23-21-11-7-5-9-19(21)20-10-6-8-12-22(20)23/h5-12,23-24H,13-18H2,1-4H3,(H,32,39)(H,33,40). The minimum atomic E-state index is -1.47. The molecule has 234 valence electrons. The Morgan fingerprint density at radius 2 is 1.52 bits per heavy atom. The molecular weight excluding hydrogens is 572 g/mol. The lowest BCUT2D eigenvalue weighted by atomic mass is 9.98. The Kier molecular flexibility index (Phi) is 9.87. The predicted molar refractivity (Wildman–Crippen MR) is 156 cm³/mol. The second-order valence-electron chi connectivity index (χ2n) is 11.5. The molecule has 0 aromatic heterocycles. The fourth-order valence-corrected chi connectivity index (χ4v) is 4.86. The number of alkyl carbamates (subject to hydrolysis) is 1. The third-order valence-electron chi connectivity index (χ3n) is 6.97. The Balaban J connectivity index is 1.39. The van der Waals surface area contributed by atoms with Crippen molar-refractivity contribution >= 4 is 35.9 Å². The van der Waals surface area contributed by atoms with Gasteiger partial charge >= 0.3 is 18.2 Å². The number of imide groups is 1. The van der Waals surface area contributed by atoms with Crippen LogP contribution in [0, 0.1) is 0 Å². The lowest BCUT2D eigenvalue weighted by molar-refractivity contribution is -0.197. The van der Waals surface area contributed by atoms with Gasteiger partial charge in [0.2, 0.25) is 5.91 Å². The number of benzene rings is 2. The van der Waals surface area contributed by atoms with E-state index in [4.69, 9.17) is 14.3 Å². The van der Waals surface area contributed by atoms with Gasteiger partial charge < -0.3 is 29.8 Å². The van der Waals surface area contributed by atoms with Crippen LogP contribution in [-0.2, 0) is 33.5 Å². The minimum Gasteiger partial charge on any atom is -0.449 e. The summed E-state index contributed by atoms with van der Waals surface area (Å²) in [5.74, 6) is -3.45. The molecule has 0 spiro atoms. The second kappa shape index (κ2) is 13.6. The molecule has 1 fully saturated rings. The highest BCUT2D eigenvalue weighted by atomic mass is 16.7. The fraction of sp³-hybridized carbons (Fsp3) is 0.419. The van der Waals surface area contributed by atoms with E-state index in [2.05, 4.69) is 10.6 Å². The van der Waals surface area contributed by atoms with Gasteiger partial charge in [-0.1, -0.05) is 48.5 Å². The summed E-state index contributed by atoms with van der Waals surface area (Å²) in [7, 11) is 1.49. The van der Waals surface area contributed by atoms with Crippen LogP contribution in [0.4, 0.5) is 9.59 Å². The molecule has 44 heavy (non-hydrogen) atoms. The smallest absolute Gasteiger partial charge is 0.410 e. The average molecular weight is 609 g/mol. The van der Waals surface area contributed by atoms with Crippen molar-refractivity contribution in [3.8, 4) is 11.1 Å². The molecule has 13 heteroatoms. The Labute approximate surface area is 254 Å². The van der Waals surface area contributed by atoms with Crippen molar-refractivity contribution in [2.45, 2.75) is 57.6 Å². The number of ether oxygens (including phenoxy) is 2. The average Bonchev–Trinajstić information content (AvgIpc) is 3.46. The van der Waals surface area contributed by atoms with Crippen molar-refractivity contribution in [1.29, 1.82) is 0 Å². The first-order chi connectivity index (χ1) is 20.8. The molecule has 4 rings (SSSR count). The van der Waals surface area contributed by atoms with E-state index in [0.29, 0.717) is 5.06 Å². The van der Waals surface area contributed by atoms with Crippen molar-refractivity contribution in [2.75, 3.05) is 26.7 Å². The molecule has 2 N–H and O–H groups in total. The number of amides is 5. The van der Waals surface area contributed by atoms with Crippen LogP contribution in [0.5, 0.6) is 0 Å². The van der Waals surface area contributed by atoms with Crippen molar-refractivity contribution in [3.63, 3.8) is 0 Å². The van der Waals surface area contributed by atoms with Crippen LogP contribution in [-0.4, -0.2) is 84.2 Å². The van der Waals surface area contributed by atoms with Crippen molar-refractivity contribution in [3.05, 3.63) is 59.7 Å². The Bertz CT molecular complexity index is 1390. The molecule has 1 heterocycles. The van der Waals surface area contributed by atoms with Crippen molar-refractivity contribution < 1.29 is 43.1 Å². The summed E-state index contributed by atoms with van der Waals surface area (Å²) in [5.41, 5.74) is 3.37. The van der Waals surface area contributed by atoms with Crippen LogP contribution >= 0.6 is 0 Å². The van der Waals surface area contributed by atoms with Gasteiger partial charge in [0.1, 0.15) is 18.2 Å². The summed E-state index contributed by atoms with van der Waals surface area (Å²) in [6, 6.07) is 14.1. The summed E-state index contributed by atoms with van der Waals surface area (Å²) < 4.78 is 10.8. The van der Waals surface area contributed by atoms with Crippen LogP contribution in [0.15, 0.2) is 48.5 Å². The lowest BCUT2D eigenvalue weighted by Crippen LogP contribution is -2.50. The van der Waals surface area contributed by atoms with E-state index in [-0.39, 0.29) is 38.5 Å². The summed E-state index contributed by atoms with van der Waals surface area (Å²) in [6.45, 7) is 5.18. The number of fused-ring (bicyclic) bond motifs is 3. The maximum absolute atomic E-state index is 13.1. The van der Waals surface area contributed by atoms with E-state index < -0.39 is 53.9 Å². The molecule has 1 saturated heterocycles. The van der Waals surface area contributed by atoms with E-state index in [9.17, 15) is 28.8 Å². The molecule has 2 aliphatic rings. The highest BCUT2D eigenvalue weighted by Crippen LogP contribution is 2.44. The number of rotatable bonds is 10. The highest BCUT2D eigenvalue weighted by Gasteiger charge is 2.35. The van der Waals surface area contributed by atoms with Gasteiger partial charge in [-0.25, -0.2) is 14.4 Å². The molecule has 0 radical (unpaired) electrons. The van der Waals surface area contributed by atoms with Gasteiger partial charge in [0.25, 0.3) is 11.8 Å². The van der Waals surface area contributed by atoms with Gasteiger partial charge in [-0.15, -0.1) is 5.06 Å². The summed E-state index contributed by atoms with van der Waals surface area (Å²) in [4.78, 5) is 80.7. The van der Waals surface area contributed by atoms with Crippen molar-refractivity contribution in [1.82, 2.24) is 20.6 Å². The normalized spacial score (nSPS) is 14.8. The fourth-order valence-electron chi connectivity index (χ4n) is 4.86. The monoisotopic (exact) mass is 608 g/mol. The van der Waals surface area contributed by atoms with Crippen LogP contribution < -0.4 is 10.6 Å². The number of hydrogen-bond acceptors (Lipinski definition) is 9. The summed E-state index contributed by atoms with van der Waals surface area (Å²) in [5, 5.41) is 5.32. The zero-order chi connectivity index (χ0) is 32.0. The Morgan fingerprint density at radius 3 is 2.09 bits per heavy atom. The van der Waals surface area contributed by atoms with Gasteiger partial charge in [-0.05, 0) is 43.0 Å². The number of likely N-dealkylation sites (N-methyl/N-ethyl adjacent to an activating group) is 1. The number of hydroxylamine groups is 2. The molecule has 1 aliphatic heterocycles. The lowest BCUT2D eigenvalue weighted by Gasteiger charge is -2.25. The molecule has 1 atom stereocenters. The largest absolute Gasteiger partial charge is 0.449 e. The zero-order valence-electron chi connectivity index (χ0n) is 25.1. The molecule has 5 amide bonds. The third kappa shape index (κ3) is 7.91. The predicted octanol–water partition coefficient (Wildman–Crippen LogP) is 2.87. The molecule has 0 bridgehead atoms. The van der Waals surface area contributed by atoms with E-state index >= 15 is 0 Å². The first-order valence-corrected chi connectivity index (χ1v) is 14.2. The molecule has 2 aromatic rings. The first kappa shape index (κ1) is 32.0. The maximum atomic E-state index is 13.1. The zero-order valence-corrected chi connectivity index (χ0v) is 25.1. The van der Waals surface area contributed by atoms with Crippen LogP contribution in [0.3, 0.4) is 0 Å². The second-order valence-corrected chi connectivity index (χ2v) is 11.5. The number of nitrogens with zero attached hydrogens (tertiary/aromatic N) is 2. The maximum Gasteiger partial charge on any atom is 0.410 e.